The van der Waals surface area contributed by atoms with E-state index in [4.69, 9.17) is 14.2 Å². The second kappa shape index (κ2) is 8.08. The maximum atomic E-state index is 12.0. The molecule has 2 aromatic carbocycles. The monoisotopic (exact) mass is 315 g/mol. The molecule has 0 heterocycles. The Balaban J connectivity index is 1.83. The summed E-state index contributed by atoms with van der Waals surface area (Å²) in [6.07, 6.45) is 0. The van der Waals surface area contributed by atoms with Crippen molar-refractivity contribution in [2.24, 2.45) is 0 Å². The van der Waals surface area contributed by atoms with E-state index in [1.807, 2.05) is 31.2 Å². The van der Waals surface area contributed by atoms with Gasteiger partial charge in [0, 0.05) is 0 Å². The van der Waals surface area contributed by atoms with E-state index < -0.39 is 0 Å². The van der Waals surface area contributed by atoms with Gasteiger partial charge in [0.25, 0.3) is 5.91 Å². The lowest BCUT2D eigenvalue weighted by molar-refractivity contribution is -0.123. The molecule has 5 nitrogen and oxygen atoms in total. The summed E-state index contributed by atoms with van der Waals surface area (Å²) in [5, 5.41) is 2.90. The SMILES string of the molecule is COc1ccc(OCC(=O)NC(C)c2ccc(OC)cc2)cc1. The molecule has 122 valence electrons. The molecule has 1 unspecified atom stereocenters. The molecule has 5 heteroatoms. The highest BCUT2D eigenvalue weighted by Gasteiger charge is 2.10. The average Bonchev–Trinajstić information content (AvgIpc) is 2.60. The summed E-state index contributed by atoms with van der Waals surface area (Å²) in [4.78, 5) is 12.0. The molecule has 0 bridgehead atoms. The van der Waals surface area contributed by atoms with Crippen LogP contribution in [0, 0.1) is 0 Å². The number of hydrogen-bond donors (Lipinski definition) is 1. The second-order valence-corrected chi connectivity index (χ2v) is 5.03. The molecular weight excluding hydrogens is 294 g/mol. The van der Waals surface area contributed by atoms with Gasteiger partial charge in [-0.3, -0.25) is 4.79 Å². The normalized spacial score (nSPS) is 11.4. The smallest absolute Gasteiger partial charge is 0.258 e. The van der Waals surface area contributed by atoms with Crippen molar-refractivity contribution in [1.29, 1.82) is 0 Å². The average molecular weight is 315 g/mol. The van der Waals surface area contributed by atoms with Crippen molar-refractivity contribution in [3.8, 4) is 17.2 Å². The molecule has 2 aromatic rings. The van der Waals surface area contributed by atoms with Crippen molar-refractivity contribution >= 4 is 5.91 Å². The third-order valence-corrected chi connectivity index (χ3v) is 3.42. The molecule has 1 amide bonds. The molecule has 1 atom stereocenters. The molecule has 0 saturated heterocycles. The molecule has 0 aliphatic rings. The summed E-state index contributed by atoms with van der Waals surface area (Å²) in [5.41, 5.74) is 1.00. The van der Waals surface area contributed by atoms with E-state index in [-0.39, 0.29) is 18.6 Å². The van der Waals surface area contributed by atoms with Crippen molar-refractivity contribution in [3.63, 3.8) is 0 Å². The molecule has 0 fully saturated rings. The maximum absolute atomic E-state index is 12.0. The van der Waals surface area contributed by atoms with Crippen LogP contribution in [-0.4, -0.2) is 26.7 Å². The quantitative estimate of drug-likeness (QED) is 0.853. The zero-order valence-corrected chi connectivity index (χ0v) is 13.5. The first-order chi connectivity index (χ1) is 11.1. The number of methoxy groups -OCH3 is 2. The Kier molecular flexibility index (Phi) is 5.86. The van der Waals surface area contributed by atoms with Gasteiger partial charge in [-0.25, -0.2) is 0 Å². The van der Waals surface area contributed by atoms with Crippen LogP contribution in [0.25, 0.3) is 0 Å². The van der Waals surface area contributed by atoms with Crippen molar-refractivity contribution in [1.82, 2.24) is 5.32 Å². The Morgan fingerprint density at radius 1 is 0.913 bits per heavy atom. The van der Waals surface area contributed by atoms with Crippen LogP contribution in [0.5, 0.6) is 17.2 Å². The minimum atomic E-state index is -0.177. The Hall–Kier alpha value is -2.69. The number of carbonyl (C=O) groups is 1. The van der Waals surface area contributed by atoms with E-state index in [9.17, 15) is 4.79 Å². The first-order valence-corrected chi connectivity index (χ1v) is 7.32. The molecule has 0 saturated carbocycles. The van der Waals surface area contributed by atoms with Gasteiger partial charge >= 0.3 is 0 Å². The van der Waals surface area contributed by atoms with Crippen LogP contribution >= 0.6 is 0 Å². The number of hydrogen-bond acceptors (Lipinski definition) is 4. The van der Waals surface area contributed by atoms with Crippen LogP contribution in [0.2, 0.25) is 0 Å². The summed E-state index contributed by atoms with van der Waals surface area (Å²) in [5.74, 6) is 1.98. The lowest BCUT2D eigenvalue weighted by Crippen LogP contribution is -2.31. The van der Waals surface area contributed by atoms with Crippen molar-refractivity contribution in [3.05, 3.63) is 54.1 Å². The summed E-state index contributed by atoms with van der Waals surface area (Å²) >= 11 is 0. The predicted molar refractivity (Wildman–Crippen MR) is 88.0 cm³/mol. The van der Waals surface area contributed by atoms with E-state index in [2.05, 4.69) is 5.32 Å². The molecule has 0 aromatic heterocycles. The van der Waals surface area contributed by atoms with Crippen molar-refractivity contribution < 1.29 is 19.0 Å². The fourth-order valence-corrected chi connectivity index (χ4v) is 2.08. The van der Waals surface area contributed by atoms with Gasteiger partial charge in [-0.05, 0) is 48.9 Å². The van der Waals surface area contributed by atoms with Gasteiger partial charge in [0.1, 0.15) is 17.2 Å². The first-order valence-electron chi connectivity index (χ1n) is 7.32. The van der Waals surface area contributed by atoms with Crippen LogP contribution in [0.15, 0.2) is 48.5 Å². The van der Waals surface area contributed by atoms with Gasteiger partial charge < -0.3 is 19.5 Å². The fraction of sp³-hybridized carbons (Fsp3) is 0.278. The van der Waals surface area contributed by atoms with E-state index >= 15 is 0 Å². The molecule has 0 aliphatic heterocycles. The van der Waals surface area contributed by atoms with Crippen LogP contribution in [0.1, 0.15) is 18.5 Å². The summed E-state index contributed by atoms with van der Waals surface area (Å²) in [6, 6.07) is 14.6. The number of rotatable bonds is 7. The Labute approximate surface area is 136 Å². The number of amides is 1. The number of ether oxygens (including phenoxy) is 3. The summed E-state index contributed by atoms with van der Waals surface area (Å²) < 4.78 is 15.6. The van der Waals surface area contributed by atoms with Crippen LogP contribution in [-0.2, 0) is 4.79 Å². The first kappa shape index (κ1) is 16.7. The molecule has 0 radical (unpaired) electrons. The molecule has 0 aliphatic carbocycles. The number of carbonyl (C=O) groups excluding carboxylic acids is 1. The van der Waals surface area contributed by atoms with E-state index in [0.29, 0.717) is 5.75 Å². The fourth-order valence-electron chi connectivity index (χ4n) is 2.08. The van der Waals surface area contributed by atoms with Crippen LogP contribution < -0.4 is 19.5 Å². The Morgan fingerprint density at radius 2 is 1.39 bits per heavy atom. The Bertz CT molecular complexity index is 622. The van der Waals surface area contributed by atoms with E-state index in [0.717, 1.165) is 17.1 Å². The number of benzene rings is 2. The topological polar surface area (TPSA) is 56.8 Å². The minimum Gasteiger partial charge on any atom is -0.497 e. The third kappa shape index (κ3) is 4.92. The summed E-state index contributed by atoms with van der Waals surface area (Å²) in [6.45, 7) is 1.89. The molecular formula is C18H21NO4. The maximum Gasteiger partial charge on any atom is 0.258 e. The van der Waals surface area contributed by atoms with E-state index in [1.54, 1.807) is 38.5 Å². The van der Waals surface area contributed by atoms with Gasteiger partial charge in [-0.1, -0.05) is 12.1 Å². The van der Waals surface area contributed by atoms with Crippen LogP contribution in [0.3, 0.4) is 0 Å². The lowest BCUT2D eigenvalue weighted by Gasteiger charge is -2.15. The van der Waals surface area contributed by atoms with Gasteiger partial charge in [0.15, 0.2) is 6.61 Å². The Morgan fingerprint density at radius 3 is 1.91 bits per heavy atom. The van der Waals surface area contributed by atoms with Crippen molar-refractivity contribution in [2.45, 2.75) is 13.0 Å². The van der Waals surface area contributed by atoms with Crippen molar-refractivity contribution in [2.75, 3.05) is 20.8 Å². The van der Waals surface area contributed by atoms with E-state index in [1.165, 1.54) is 0 Å². The highest BCUT2D eigenvalue weighted by Crippen LogP contribution is 2.18. The zero-order valence-electron chi connectivity index (χ0n) is 13.5. The van der Waals surface area contributed by atoms with Gasteiger partial charge in [0.05, 0.1) is 20.3 Å². The number of nitrogens with one attached hydrogen (secondary N) is 1. The minimum absolute atomic E-state index is 0.0349. The molecule has 2 rings (SSSR count). The van der Waals surface area contributed by atoms with Gasteiger partial charge in [-0.15, -0.1) is 0 Å². The largest absolute Gasteiger partial charge is 0.497 e. The predicted octanol–water partition coefficient (Wildman–Crippen LogP) is 2.96. The van der Waals surface area contributed by atoms with Crippen LogP contribution in [0.4, 0.5) is 0 Å². The lowest BCUT2D eigenvalue weighted by atomic mass is 10.1. The molecule has 23 heavy (non-hydrogen) atoms. The summed E-state index contributed by atoms with van der Waals surface area (Å²) in [7, 11) is 3.22. The molecule has 0 spiro atoms. The zero-order chi connectivity index (χ0) is 16.7. The second-order valence-electron chi connectivity index (χ2n) is 5.03. The standard InChI is InChI=1S/C18H21NO4/c1-13(14-4-6-15(21-2)7-5-14)19-18(20)12-23-17-10-8-16(22-3)9-11-17/h4-11,13H,12H2,1-3H3,(H,19,20). The van der Waals surface area contributed by atoms with Gasteiger partial charge in [-0.2, -0.15) is 0 Å². The molecule has 1 N–H and O–H groups in total. The highest BCUT2D eigenvalue weighted by atomic mass is 16.5. The van der Waals surface area contributed by atoms with Gasteiger partial charge in [0.2, 0.25) is 0 Å². The third-order valence-electron chi connectivity index (χ3n) is 3.42. The highest BCUT2D eigenvalue weighted by molar-refractivity contribution is 5.78.